The van der Waals surface area contributed by atoms with Crippen LogP contribution >= 0.6 is 0 Å². The number of benzene rings is 1. The summed E-state index contributed by atoms with van der Waals surface area (Å²) in [5.74, 6) is 0. The maximum atomic E-state index is 9.72. The van der Waals surface area contributed by atoms with E-state index < -0.39 is 6.10 Å². The second-order valence-corrected chi connectivity index (χ2v) is 3.59. The average Bonchev–Trinajstić information content (AvgIpc) is 2.04. The van der Waals surface area contributed by atoms with Crippen LogP contribution in [0.2, 0.25) is 0 Å². The van der Waals surface area contributed by atoms with Gasteiger partial charge >= 0.3 is 0 Å². The molecule has 0 aromatic heterocycles. The Bertz CT molecular complexity index is 284. The van der Waals surface area contributed by atoms with Crippen LogP contribution in [0.5, 0.6) is 0 Å². The summed E-state index contributed by atoms with van der Waals surface area (Å²) in [7, 11) is 0. The Labute approximate surface area is 79.7 Å². The topological polar surface area (TPSA) is 20.2 Å². The van der Waals surface area contributed by atoms with Crippen molar-refractivity contribution in [3.8, 4) is 0 Å². The van der Waals surface area contributed by atoms with E-state index in [-0.39, 0.29) is 0 Å². The van der Waals surface area contributed by atoms with Gasteiger partial charge in [0.2, 0.25) is 0 Å². The fourth-order valence-corrected chi connectivity index (χ4v) is 1.24. The molecule has 0 aliphatic rings. The van der Waals surface area contributed by atoms with Crippen molar-refractivity contribution < 1.29 is 5.11 Å². The van der Waals surface area contributed by atoms with Gasteiger partial charge in [0.25, 0.3) is 0 Å². The zero-order valence-corrected chi connectivity index (χ0v) is 8.25. The largest absolute Gasteiger partial charge is 0.388 e. The summed E-state index contributed by atoms with van der Waals surface area (Å²) in [5.41, 5.74) is 3.19. The monoisotopic (exact) mass is 176 g/mol. The summed E-state index contributed by atoms with van der Waals surface area (Å²) in [6.45, 7) is 7.74. The second kappa shape index (κ2) is 4.24. The summed E-state index contributed by atoms with van der Waals surface area (Å²) in [5, 5.41) is 9.72. The van der Waals surface area contributed by atoms with Crippen LogP contribution in [-0.4, -0.2) is 5.11 Å². The average molecular weight is 176 g/mol. The first-order chi connectivity index (χ1) is 6.09. The summed E-state index contributed by atoms with van der Waals surface area (Å²) in [4.78, 5) is 0. The summed E-state index contributed by atoms with van der Waals surface area (Å²) < 4.78 is 0. The van der Waals surface area contributed by atoms with Crippen molar-refractivity contribution in [1.82, 2.24) is 0 Å². The zero-order chi connectivity index (χ0) is 9.84. The van der Waals surface area contributed by atoms with Crippen molar-refractivity contribution in [2.45, 2.75) is 26.4 Å². The number of aryl methyl sites for hydroxylation is 1. The number of hydrogen-bond donors (Lipinski definition) is 1. The Kier molecular flexibility index (Phi) is 3.26. The van der Waals surface area contributed by atoms with Crippen molar-refractivity contribution >= 4 is 0 Å². The molecule has 0 bridgehead atoms. The maximum Gasteiger partial charge on any atom is 0.0826 e. The SMILES string of the molecule is C=C(C)C[C@@H](O)c1ccc(C)cc1. The van der Waals surface area contributed by atoms with E-state index in [9.17, 15) is 5.11 Å². The van der Waals surface area contributed by atoms with Crippen LogP contribution < -0.4 is 0 Å². The molecule has 1 nitrogen and oxygen atoms in total. The highest BCUT2D eigenvalue weighted by Crippen LogP contribution is 2.19. The molecular formula is C12H16O. The van der Waals surface area contributed by atoms with E-state index in [0.29, 0.717) is 6.42 Å². The molecule has 1 aromatic carbocycles. The zero-order valence-electron chi connectivity index (χ0n) is 8.25. The van der Waals surface area contributed by atoms with E-state index in [0.717, 1.165) is 11.1 Å². The first-order valence-corrected chi connectivity index (χ1v) is 4.48. The van der Waals surface area contributed by atoms with Gasteiger partial charge in [0, 0.05) is 0 Å². The van der Waals surface area contributed by atoms with E-state index in [4.69, 9.17) is 0 Å². The van der Waals surface area contributed by atoms with Crippen molar-refractivity contribution in [3.63, 3.8) is 0 Å². The number of hydrogen-bond acceptors (Lipinski definition) is 1. The van der Waals surface area contributed by atoms with Gasteiger partial charge in [-0.15, -0.1) is 6.58 Å². The molecule has 0 aliphatic carbocycles. The lowest BCUT2D eigenvalue weighted by Crippen LogP contribution is -1.97. The lowest BCUT2D eigenvalue weighted by molar-refractivity contribution is 0.178. The first-order valence-electron chi connectivity index (χ1n) is 4.48. The van der Waals surface area contributed by atoms with Crippen molar-refractivity contribution in [2.24, 2.45) is 0 Å². The van der Waals surface area contributed by atoms with Gasteiger partial charge in [0.15, 0.2) is 0 Å². The third-order valence-electron chi connectivity index (χ3n) is 2.00. The molecule has 0 unspecified atom stereocenters. The van der Waals surface area contributed by atoms with E-state index in [1.54, 1.807) is 0 Å². The number of aliphatic hydroxyl groups is 1. The fraction of sp³-hybridized carbons (Fsp3) is 0.333. The minimum atomic E-state index is -0.405. The van der Waals surface area contributed by atoms with Gasteiger partial charge in [-0.25, -0.2) is 0 Å². The summed E-state index contributed by atoms with van der Waals surface area (Å²) in [6.07, 6.45) is 0.237. The third-order valence-corrected chi connectivity index (χ3v) is 2.00. The van der Waals surface area contributed by atoms with Gasteiger partial charge in [-0.2, -0.15) is 0 Å². The molecular weight excluding hydrogens is 160 g/mol. The first kappa shape index (κ1) is 10.0. The highest BCUT2D eigenvalue weighted by molar-refractivity contribution is 5.23. The Morgan fingerprint density at radius 1 is 1.38 bits per heavy atom. The minimum absolute atomic E-state index is 0.405. The van der Waals surface area contributed by atoms with Crippen LogP contribution in [0.25, 0.3) is 0 Å². The quantitative estimate of drug-likeness (QED) is 0.702. The van der Waals surface area contributed by atoms with Gasteiger partial charge in [-0.1, -0.05) is 35.4 Å². The molecule has 0 amide bonds. The van der Waals surface area contributed by atoms with Crippen molar-refractivity contribution in [2.75, 3.05) is 0 Å². The number of aliphatic hydroxyl groups excluding tert-OH is 1. The molecule has 0 radical (unpaired) electrons. The molecule has 0 fully saturated rings. The molecule has 70 valence electrons. The molecule has 1 N–H and O–H groups in total. The molecule has 13 heavy (non-hydrogen) atoms. The van der Waals surface area contributed by atoms with Gasteiger partial charge < -0.3 is 5.11 Å². The van der Waals surface area contributed by atoms with Crippen molar-refractivity contribution in [1.29, 1.82) is 0 Å². The Morgan fingerprint density at radius 2 is 1.92 bits per heavy atom. The summed E-state index contributed by atoms with van der Waals surface area (Å²) >= 11 is 0. The maximum absolute atomic E-state index is 9.72. The second-order valence-electron chi connectivity index (χ2n) is 3.59. The van der Waals surface area contributed by atoms with E-state index >= 15 is 0 Å². The van der Waals surface area contributed by atoms with Crippen LogP contribution in [0.4, 0.5) is 0 Å². The predicted octanol–water partition coefficient (Wildman–Crippen LogP) is 2.99. The molecule has 0 saturated heterocycles. The molecule has 1 rings (SSSR count). The van der Waals surface area contributed by atoms with E-state index in [1.165, 1.54) is 5.56 Å². The number of rotatable bonds is 3. The molecule has 0 aliphatic heterocycles. The van der Waals surface area contributed by atoms with Gasteiger partial charge in [-0.05, 0) is 25.8 Å². The van der Waals surface area contributed by atoms with E-state index in [2.05, 4.69) is 6.58 Å². The lowest BCUT2D eigenvalue weighted by atomic mass is 10.0. The molecule has 0 saturated carbocycles. The molecule has 0 spiro atoms. The van der Waals surface area contributed by atoms with Crippen LogP contribution in [0.15, 0.2) is 36.4 Å². The van der Waals surface area contributed by atoms with E-state index in [1.807, 2.05) is 38.1 Å². The molecule has 1 atom stereocenters. The molecule has 1 heteroatoms. The Hall–Kier alpha value is -1.08. The van der Waals surface area contributed by atoms with Crippen molar-refractivity contribution in [3.05, 3.63) is 47.5 Å². The Morgan fingerprint density at radius 3 is 2.38 bits per heavy atom. The summed E-state index contributed by atoms with van der Waals surface area (Å²) in [6, 6.07) is 7.94. The Balaban J connectivity index is 2.71. The fourth-order valence-electron chi connectivity index (χ4n) is 1.24. The smallest absolute Gasteiger partial charge is 0.0826 e. The normalized spacial score (nSPS) is 12.5. The predicted molar refractivity (Wildman–Crippen MR) is 55.6 cm³/mol. The highest BCUT2D eigenvalue weighted by atomic mass is 16.3. The van der Waals surface area contributed by atoms with Gasteiger partial charge in [0.1, 0.15) is 0 Å². The van der Waals surface area contributed by atoms with Gasteiger partial charge in [0.05, 0.1) is 6.10 Å². The lowest BCUT2D eigenvalue weighted by Gasteiger charge is -2.10. The van der Waals surface area contributed by atoms with Crippen LogP contribution in [0, 0.1) is 6.92 Å². The third kappa shape index (κ3) is 3.03. The van der Waals surface area contributed by atoms with Crippen LogP contribution in [-0.2, 0) is 0 Å². The minimum Gasteiger partial charge on any atom is -0.388 e. The highest BCUT2D eigenvalue weighted by Gasteiger charge is 2.06. The molecule has 0 heterocycles. The van der Waals surface area contributed by atoms with Crippen LogP contribution in [0.3, 0.4) is 0 Å². The van der Waals surface area contributed by atoms with Crippen LogP contribution in [0.1, 0.15) is 30.6 Å². The molecule has 1 aromatic rings. The van der Waals surface area contributed by atoms with Gasteiger partial charge in [-0.3, -0.25) is 0 Å². The standard InChI is InChI=1S/C12H16O/c1-9(2)8-12(13)11-6-4-10(3)5-7-11/h4-7,12-13H,1,8H2,2-3H3/t12-/m1/s1.